The van der Waals surface area contributed by atoms with Crippen molar-refractivity contribution in [3.05, 3.63) is 41.5 Å². The van der Waals surface area contributed by atoms with Crippen LogP contribution in [0.2, 0.25) is 0 Å². The van der Waals surface area contributed by atoms with Gasteiger partial charge in [0, 0.05) is 31.0 Å². The van der Waals surface area contributed by atoms with Crippen LogP contribution < -0.4 is 10.5 Å². The van der Waals surface area contributed by atoms with Gasteiger partial charge in [0.05, 0.1) is 23.9 Å². The molecule has 1 aliphatic carbocycles. The number of carbonyl (C=O) groups is 1. The molecule has 3 N–H and O–H groups in total. The molecule has 1 fully saturated rings. The fraction of sp³-hybridized carbons (Fsp3) is 0.435. The third-order valence-corrected chi connectivity index (χ3v) is 6.17. The highest BCUT2D eigenvalue weighted by Gasteiger charge is 2.57. The number of amides is 1. The number of hydrogen-bond acceptors (Lipinski definition) is 7. The number of primary amides is 1. The van der Waals surface area contributed by atoms with Crippen LogP contribution in [0.5, 0.6) is 5.75 Å². The Morgan fingerprint density at radius 1 is 1.29 bits per heavy atom. The Morgan fingerprint density at radius 3 is 2.45 bits per heavy atom. The number of nitrogens with zero attached hydrogens (tertiary/aromatic N) is 4. The SMILES string of the molecule is CC(C)N1CC=C2C(C#N)C(=N)C(C#N)(C#N)[C@@H](c3ccc(OCC(N)=O)cc3)[C@H]2C1. The van der Waals surface area contributed by atoms with Gasteiger partial charge in [-0.15, -0.1) is 0 Å². The van der Waals surface area contributed by atoms with Crippen molar-refractivity contribution in [2.75, 3.05) is 19.7 Å². The lowest BCUT2D eigenvalue weighted by molar-refractivity contribution is -0.119. The molecule has 31 heavy (non-hydrogen) atoms. The summed E-state index contributed by atoms with van der Waals surface area (Å²) in [5.74, 6) is -1.91. The molecule has 1 aromatic carbocycles. The molecule has 158 valence electrons. The van der Waals surface area contributed by atoms with E-state index in [1.54, 1.807) is 24.3 Å². The maximum atomic E-state index is 11.0. The van der Waals surface area contributed by atoms with Crippen LogP contribution in [0.4, 0.5) is 0 Å². The molecule has 8 nitrogen and oxygen atoms in total. The van der Waals surface area contributed by atoms with Crippen LogP contribution in [0, 0.1) is 56.7 Å². The normalized spacial score (nSPS) is 24.8. The molecule has 3 rings (SSSR count). The number of ether oxygens (including phenoxy) is 1. The van der Waals surface area contributed by atoms with E-state index in [9.17, 15) is 20.6 Å². The molecular weight excluding hydrogens is 392 g/mol. The maximum absolute atomic E-state index is 11.0. The summed E-state index contributed by atoms with van der Waals surface area (Å²) in [6.07, 6.45) is 1.98. The highest BCUT2D eigenvalue weighted by molar-refractivity contribution is 6.00. The standard InChI is InChI=1S/C23H24N6O2/c1-14(2)29-8-7-17-18(9-24)22(28)23(12-25,13-26)21(19(17)10-29)15-3-5-16(6-4-15)31-11-20(27)30/h3-7,14,18-19,21,28H,8,10-11H2,1-2H3,(H2,27,30)/t18?,19-,21-/m0/s1. The first-order chi connectivity index (χ1) is 14.8. The molecule has 8 heteroatoms. The molecule has 1 saturated carbocycles. The summed E-state index contributed by atoms with van der Waals surface area (Å²) in [7, 11) is 0. The molecule has 0 bridgehead atoms. The van der Waals surface area contributed by atoms with E-state index in [0.29, 0.717) is 24.4 Å². The van der Waals surface area contributed by atoms with Crippen molar-refractivity contribution < 1.29 is 9.53 Å². The molecule has 0 spiro atoms. The van der Waals surface area contributed by atoms with E-state index in [-0.39, 0.29) is 24.3 Å². The number of hydrogen-bond donors (Lipinski definition) is 2. The molecule has 1 aromatic rings. The summed E-state index contributed by atoms with van der Waals surface area (Å²) in [5, 5.41) is 38.6. The van der Waals surface area contributed by atoms with Gasteiger partial charge in [0.15, 0.2) is 12.0 Å². The van der Waals surface area contributed by atoms with Crippen molar-refractivity contribution in [3.63, 3.8) is 0 Å². The molecule has 0 radical (unpaired) electrons. The van der Waals surface area contributed by atoms with E-state index >= 15 is 0 Å². The van der Waals surface area contributed by atoms with Crippen molar-refractivity contribution >= 4 is 11.6 Å². The predicted molar refractivity (Wildman–Crippen MR) is 113 cm³/mol. The second kappa shape index (κ2) is 8.60. The highest BCUT2D eigenvalue weighted by atomic mass is 16.5. The molecule has 1 heterocycles. The van der Waals surface area contributed by atoms with Crippen LogP contribution in [0.3, 0.4) is 0 Å². The minimum absolute atomic E-state index is 0.167. The summed E-state index contributed by atoms with van der Waals surface area (Å²) in [4.78, 5) is 13.2. The van der Waals surface area contributed by atoms with Crippen LogP contribution in [-0.4, -0.2) is 42.3 Å². The van der Waals surface area contributed by atoms with Gasteiger partial charge in [-0.2, -0.15) is 15.8 Å². The van der Waals surface area contributed by atoms with Crippen molar-refractivity contribution in [2.24, 2.45) is 23.0 Å². The summed E-state index contributed by atoms with van der Waals surface area (Å²) in [6, 6.07) is 13.4. The molecule has 1 unspecified atom stereocenters. The Labute approximate surface area is 181 Å². The Balaban J connectivity index is 2.11. The number of fused-ring (bicyclic) bond motifs is 1. The molecule has 0 saturated heterocycles. The number of nitriles is 3. The Morgan fingerprint density at radius 2 is 1.94 bits per heavy atom. The van der Waals surface area contributed by atoms with Gasteiger partial charge in [-0.3, -0.25) is 9.69 Å². The monoisotopic (exact) mass is 416 g/mol. The number of carbonyl (C=O) groups excluding carboxylic acids is 1. The largest absolute Gasteiger partial charge is 0.484 e. The van der Waals surface area contributed by atoms with Gasteiger partial charge >= 0.3 is 0 Å². The van der Waals surface area contributed by atoms with Gasteiger partial charge in [-0.1, -0.05) is 18.2 Å². The zero-order chi connectivity index (χ0) is 22.8. The topological polar surface area (TPSA) is 151 Å². The van der Waals surface area contributed by atoms with Gasteiger partial charge in [0.2, 0.25) is 0 Å². The van der Waals surface area contributed by atoms with Gasteiger partial charge in [-0.25, -0.2) is 0 Å². The van der Waals surface area contributed by atoms with Crippen molar-refractivity contribution in [1.82, 2.24) is 4.90 Å². The Kier molecular flexibility index (Phi) is 6.11. The second-order valence-electron chi connectivity index (χ2n) is 8.17. The number of rotatable bonds is 5. The highest BCUT2D eigenvalue weighted by Crippen LogP contribution is 2.53. The van der Waals surface area contributed by atoms with Gasteiger partial charge in [0.1, 0.15) is 11.7 Å². The first kappa shape index (κ1) is 22.0. The van der Waals surface area contributed by atoms with Crippen molar-refractivity contribution in [1.29, 1.82) is 21.2 Å². The maximum Gasteiger partial charge on any atom is 0.255 e. The molecule has 2 aliphatic rings. The van der Waals surface area contributed by atoms with Crippen LogP contribution in [0.1, 0.15) is 25.3 Å². The molecule has 1 amide bonds. The number of nitrogens with one attached hydrogen (secondary N) is 1. The first-order valence-electron chi connectivity index (χ1n) is 10.0. The lowest BCUT2D eigenvalue weighted by Gasteiger charge is -2.48. The summed E-state index contributed by atoms with van der Waals surface area (Å²) < 4.78 is 5.32. The van der Waals surface area contributed by atoms with Crippen LogP contribution >= 0.6 is 0 Å². The van der Waals surface area contributed by atoms with E-state index in [1.165, 1.54) is 0 Å². The Bertz CT molecular complexity index is 1020. The van der Waals surface area contributed by atoms with Gasteiger partial charge in [-0.05, 0) is 37.1 Å². The lowest BCUT2D eigenvalue weighted by Crippen LogP contribution is -2.53. The average Bonchev–Trinajstić information content (AvgIpc) is 2.77. The minimum atomic E-state index is -1.75. The fourth-order valence-corrected chi connectivity index (χ4v) is 4.55. The minimum Gasteiger partial charge on any atom is -0.484 e. The predicted octanol–water partition coefficient (Wildman–Crippen LogP) is 2.11. The van der Waals surface area contributed by atoms with Crippen molar-refractivity contribution in [3.8, 4) is 24.0 Å². The average molecular weight is 416 g/mol. The summed E-state index contributed by atoms with van der Waals surface area (Å²) in [5.41, 5.74) is 4.71. The smallest absolute Gasteiger partial charge is 0.255 e. The molecular formula is C23H24N6O2. The first-order valence-corrected chi connectivity index (χ1v) is 10.0. The van der Waals surface area contributed by atoms with E-state index in [0.717, 1.165) is 5.57 Å². The fourth-order valence-electron chi connectivity index (χ4n) is 4.55. The Hall–Kier alpha value is -3.67. The quantitative estimate of drug-likeness (QED) is 0.702. The summed E-state index contributed by atoms with van der Waals surface area (Å²) >= 11 is 0. The van der Waals surface area contributed by atoms with E-state index in [2.05, 4.69) is 37.0 Å². The van der Waals surface area contributed by atoms with E-state index in [4.69, 9.17) is 15.9 Å². The van der Waals surface area contributed by atoms with Gasteiger partial charge < -0.3 is 15.9 Å². The second-order valence-corrected chi connectivity index (χ2v) is 8.17. The number of nitrogens with two attached hydrogens (primary N) is 1. The van der Waals surface area contributed by atoms with Crippen LogP contribution in [0.15, 0.2) is 35.9 Å². The third-order valence-electron chi connectivity index (χ3n) is 6.17. The van der Waals surface area contributed by atoms with Gasteiger partial charge in [0.25, 0.3) is 5.91 Å². The van der Waals surface area contributed by atoms with E-state index < -0.39 is 23.2 Å². The van der Waals surface area contributed by atoms with Crippen LogP contribution in [-0.2, 0) is 4.79 Å². The third kappa shape index (κ3) is 3.77. The molecule has 3 atom stereocenters. The molecule has 0 aromatic heterocycles. The van der Waals surface area contributed by atoms with Crippen molar-refractivity contribution in [2.45, 2.75) is 25.8 Å². The van der Waals surface area contributed by atoms with Crippen LogP contribution in [0.25, 0.3) is 0 Å². The molecule has 1 aliphatic heterocycles. The number of benzene rings is 1. The van der Waals surface area contributed by atoms with E-state index in [1.807, 2.05) is 6.08 Å². The lowest BCUT2D eigenvalue weighted by atomic mass is 9.54. The zero-order valence-electron chi connectivity index (χ0n) is 17.5. The zero-order valence-corrected chi connectivity index (χ0v) is 17.5. The summed E-state index contributed by atoms with van der Waals surface area (Å²) in [6.45, 7) is 5.15.